The first-order chi connectivity index (χ1) is 14.6. The Balaban J connectivity index is 1.62. The van der Waals surface area contributed by atoms with Gasteiger partial charge >= 0.3 is 0 Å². The van der Waals surface area contributed by atoms with Crippen LogP contribution in [-0.2, 0) is 6.54 Å². The zero-order valence-electron chi connectivity index (χ0n) is 16.6. The van der Waals surface area contributed by atoms with Gasteiger partial charge in [-0.2, -0.15) is 0 Å². The fraction of sp³-hybridized carbons (Fsp3) is 0.238. The predicted octanol–water partition coefficient (Wildman–Crippen LogP) is 3.17. The molecule has 4 aromatic heterocycles. The van der Waals surface area contributed by atoms with Gasteiger partial charge < -0.3 is 14.6 Å². The number of furan rings is 1. The minimum Gasteiger partial charge on any atom is -0.467 e. The standard InChI is InChI=1S/C21H21N7OS/c1-14-10-17(15(2)28(14)26-12-23-24-13-26)20-19(18-7-3-4-8-22-18)25-21(30)27(20)11-16-6-5-9-29-16/h3-10,12-13,19-20H,11H2,1-2H3,(H,25,30)/t19-,20+/m1/s1. The zero-order chi connectivity index (χ0) is 20.7. The third-order valence-corrected chi connectivity index (χ3v) is 5.85. The maximum Gasteiger partial charge on any atom is 0.170 e. The van der Waals surface area contributed by atoms with Gasteiger partial charge in [0.25, 0.3) is 0 Å². The first-order valence-corrected chi connectivity index (χ1v) is 10.1. The average Bonchev–Trinajstić information content (AvgIpc) is 3.53. The van der Waals surface area contributed by atoms with E-state index in [2.05, 4.69) is 50.0 Å². The first-order valence-electron chi connectivity index (χ1n) is 9.68. The molecule has 0 amide bonds. The fourth-order valence-electron chi connectivity index (χ4n) is 4.22. The van der Waals surface area contributed by atoms with Crippen LogP contribution < -0.4 is 5.32 Å². The monoisotopic (exact) mass is 419 g/mol. The van der Waals surface area contributed by atoms with Gasteiger partial charge in [0.05, 0.1) is 30.6 Å². The molecular formula is C21H21N7OS. The largest absolute Gasteiger partial charge is 0.467 e. The number of aryl methyl sites for hydroxylation is 1. The van der Waals surface area contributed by atoms with Gasteiger partial charge in [-0.15, -0.1) is 10.2 Å². The quantitative estimate of drug-likeness (QED) is 0.498. The van der Waals surface area contributed by atoms with Crippen LogP contribution in [0.1, 0.15) is 40.5 Å². The van der Waals surface area contributed by atoms with E-state index in [4.69, 9.17) is 16.6 Å². The predicted molar refractivity (Wildman–Crippen MR) is 114 cm³/mol. The van der Waals surface area contributed by atoms with Crippen LogP contribution in [0.4, 0.5) is 0 Å². The van der Waals surface area contributed by atoms with E-state index in [1.54, 1.807) is 18.9 Å². The third kappa shape index (κ3) is 3.07. The van der Waals surface area contributed by atoms with Crippen LogP contribution in [0.3, 0.4) is 0 Å². The second-order valence-electron chi connectivity index (χ2n) is 7.31. The molecule has 30 heavy (non-hydrogen) atoms. The molecule has 0 unspecified atom stereocenters. The molecule has 1 aliphatic rings. The molecule has 0 aromatic carbocycles. The number of nitrogens with zero attached hydrogens (tertiary/aromatic N) is 6. The van der Waals surface area contributed by atoms with Gasteiger partial charge in [-0.05, 0) is 56.4 Å². The molecule has 0 radical (unpaired) electrons. The Morgan fingerprint density at radius 3 is 2.67 bits per heavy atom. The van der Waals surface area contributed by atoms with Crippen molar-refractivity contribution in [1.82, 2.24) is 34.8 Å². The second kappa shape index (κ2) is 7.42. The maximum absolute atomic E-state index is 5.74. The Labute approximate surface area is 179 Å². The average molecular weight is 420 g/mol. The summed E-state index contributed by atoms with van der Waals surface area (Å²) in [6.45, 7) is 4.75. The Hall–Kier alpha value is -3.46. The molecule has 152 valence electrons. The molecule has 0 saturated carbocycles. The number of hydrogen-bond acceptors (Lipinski definition) is 5. The lowest BCUT2D eigenvalue weighted by molar-refractivity contribution is 0.286. The lowest BCUT2D eigenvalue weighted by Crippen LogP contribution is -2.29. The summed E-state index contributed by atoms with van der Waals surface area (Å²) < 4.78 is 9.59. The molecule has 5 heterocycles. The van der Waals surface area contributed by atoms with Gasteiger partial charge in [-0.1, -0.05) is 6.07 Å². The molecular weight excluding hydrogens is 398 g/mol. The van der Waals surface area contributed by atoms with Crippen molar-refractivity contribution >= 4 is 17.3 Å². The van der Waals surface area contributed by atoms with Crippen molar-refractivity contribution in [2.75, 3.05) is 0 Å². The fourth-order valence-corrected chi connectivity index (χ4v) is 4.52. The van der Waals surface area contributed by atoms with E-state index in [-0.39, 0.29) is 12.1 Å². The molecule has 9 heteroatoms. The summed E-state index contributed by atoms with van der Waals surface area (Å²) in [7, 11) is 0. The molecule has 5 rings (SSSR count). The van der Waals surface area contributed by atoms with Gasteiger partial charge in [-0.3, -0.25) is 9.66 Å². The summed E-state index contributed by atoms with van der Waals surface area (Å²) in [5.41, 5.74) is 4.28. The van der Waals surface area contributed by atoms with E-state index in [0.717, 1.165) is 28.4 Å². The van der Waals surface area contributed by atoms with Crippen molar-refractivity contribution in [3.05, 3.63) is 89.9 Å². The molecule has 8 nitrogen and oxygen atoms in total. The lowest BCUT2D eigenvalue weighted by Gasteiger charge is -2.27. The Kier molecular flexibility index (Phi) is 4.59. The van der Waals surface area contributed by atoms with Crippen LogP contribution >= 0.6 is 12.2 Å². The minimum atomic E-state index is -0.0801. The summed E-state index contributed by atoms with van der Waals surface area (Å²) in [6, 6.07) is 11.9. The van der Waals surface area contributed by atoms with Gasteiger partial charge in [-0.25, -0.2) is 4.68 Å². The highest BCUT2D eigenvalue weighted by Gasteiger charge is 2.41. The normalized spacial score (nSPS) is 18.7. The highest BCUT2D eigenvalue weighted by atomic mass is 32.1. The maximum atomic E-state index is 5.74. The van der Waals surface area contributed by atoms with Crippen LogP contribution in [0.2, 0.25) is 0 Å². The van der Waals surface area contributed by atoms with Crippen LogP contribution in [-0.4, -0.2) is 34.5 Å². The molecule has 1 aliphatic heterocycles. The summed E-state index contributed by atoms with van der Waals surface area (Å²) in [5, 5.41) is 12.1. The number of pyridine rings is 1. The van der Waals surface area contributed by atoms with Crippen molar-refractivity contribution < 1.29 is 4.42 Å². The second-order valence-corrected chi connectivity index (χ2v) is 7.70. The number of aromatic nitrogens is 5. The van der Waals surface area contributed by atoms with E-state index in [1.165, 1.54) is 0 Å². The first kappa shape index (κ1) is 18.6. The van der Waals surface area contributed by atoms with Crippen molar-refractivity contribution in [2.24, 2.45) is 0 Å². The van der Waals surface area contributed by atoms with Gasteiger partial charge in [0.15, 0.2) is 5.11 Å². The highest BCUT2D eigenvalue weighted by Crippen LogP contribution is 2.41. The summed E-state index contributed by atoms with van der Waals surface area (Å²) in [5.74, 6) is 0.860. The van der Waals surface area contributed by atoms with E-state index in [9.17, 15) is 0 Å². The molecule has 0 bridgehead atoms. The highest BCUT2D eigenvalue weighted by molar-refractivity contribution is 7.80. The molecule has 0 spiro atoms. The van der Waals surface area contributed by atoms with Crippen LogP contribution in [0.25, 0.3) is 0 Å². The topological polar surface area (TPSA) is 76.9 Å². The van der Waals surface area contributed by atoms with E-state index < -0.39 is 0 Å². The molecule has 0 aliphatic carbocycles. The molecule has 2 atom stereocenters. The summed E-state index contributed by atoms with van der Waals surface area (Å²) in [6.07, 6.45) is 6.88. The Bertz CT molecular complexity index is 1150. The minimum absolute atomic E-state index is 0.0473. The summed E-state index contributed by atoms with van der Waals surface area (Å²) in [4.78, 5) is 6.78. The van der Waals surface area contributed by atoms with Crippen LogP contribution in [0, 0.1) is 13.8 Å². The molecule has 1 fully saturated rings. The zero-order valence-corrected chi connectivity index (χ0v) is 17.5. The number of hydrogen-bond donors (Lipinski definition) is 1. The number of thiocarbonyl (C=S) groups is 1. The van der Waals surface area contributed by atoms with Gasteiger partial charge in [0.1, 0.15) is 18.4 Å². The van der Waals surface area contributed by atoms with E-state index >= 15 is 0 Å². The SMILES string of the molecule is Cc1cc([C@H]2[C@@H](c3ccccn3)NC(=S)N2Cc2ccco2)c(C)n1-n1cnnc1. The Morgan fingerprint density at radius 1 is 1.13 bits per heavy atom. The van der Waals surface area contributed by atoms with Crippen LogP contribution in [0.5, 0.6) is 0 Å². The molecule has 1 saturated heterocycles. The van der Waals surface area contributed by atoms with Crippen molar-refractivity contribution in [1.29, 1.82) is 0 Å². The number of nitrogens with one attached hydrogen (secondary N) is 1. The van der Waals surface area contributed by atoms with E-state index in [1.807, 2.05) is 41.2 Å². The van der Waals surface area contributed by atoms with Gasteiger partial charge in [0.2, 0.25) is 0 Å². The van der Waals surface area contributed by atoms with E-state index in [0.29, 0.717) is 11.7 Å². The van der Waals surface area contributed by atoms with Crippen molar-refractivity contribution in [3.63, 3.8) is 0 Å². The van der Waals surface area contributed by atoms with Gasteiger partial charge in [0, 0.05) is 23.1 Å². The number of rotatable bonds is 5. The summed E-state index contributed by atoms with van der Waals surface area (Å²) >= 11 is 5.74. The third-order valence-electron chi connectivity index (χ3n) is 5.49. The smallest absolute Gasteiger partial charge is 0.170 e. The lowest BCUT2D eigenvalue weighted by atomic mass is 9.96. The molecule has 1 N–H and O–H groups in total. The van der Waals surface area contributed by atoms with Crippen molar-refractivity contribution in [2.45, 2.75) is 32.5 Å². The Morgan fingerprint density at radius 2 is 1.97 bits per heavy atom. The van der Waals surface area contributed by atoms with Crippen molar-refractivity contribution in [3.8, 4) is 0 Å². The molecule has 4 aromatic rings. The van der Waals surface area contributed by atoms with Crippen LogP contribution in [0.15, 0.2) is 65.9 Å².